The van der Waals surface area contributed by atoms with Crippen molar-refractivity contribution in [2.75, 3.05) is 0 Å². The maximum atomic E-state index is 12.2. The van der Waals surface area contributed by atoms with Crippen molar-refractivity contribution in [3.63, 3.8) is 0 Å². The number of halogens is 2. The molecule has 1 amide bonds. The Morgan fingerprint density at radius 3 is 2.85 bits per heavy atom. The topological polar surface area (TPSA) is 70.1 Å². The Morgan fingerprint density at radius 1 is 1.77 bits per heavy atom. The first-order valence-corrected chi connectivity index (χ1v) is 3.29. The smallest absolute Gasteiger partial charge is 0.407 e. The fourth-order valence-electron chi connectivity index (χ4n) is 0.822. The van der Waals surface area contributed by atoms with Crippen molar-refractivity contribution in [3.8, 4) is 5.75 Å². The lowest BCUT2D eigenvalue weighted by Gasteiger charge is -1.98. The Morgan fingerprint density at radius 2 is 2.38 bits per heavy atom. The van der Waals surface area contributed by atoms with Crippen LogP contribution in [0.1, 0.15) is 12.1 Å². The van der Waals surface area contributed by atoms with Crippen LogP contribution in [-0.2, 0) is 7.05 Å². The zero-order valence-corrected chi connectivity index (χ0v) is 6.70. The van der Waals surface area contributed by atoms with E-state index in [1.807, 2.05) is 0 Å². The molecule has 5 nitrogen and oxygen atoms in total. The van der Waals surface area contributed by atoms with Crippen LogP contribution in [-0.4, -0.2) is 15.9 Å². The maximum absolute atomic E-state index is 12.2. The van der Waals surface area contributed by atoms with Gasteiger partial charge in [0.15, 0.2) is 11.4 Å². The second-order valence-electron chi connectivity index (χ2n) is 2.27. The van der Waals surface area contributed by atoms with Crippen molar-refractivity contribution in [3.05, 3.63) is 11.9 Å². The number of aryl methyl sites for hydroxylation is 1. The molecule has 0 atom stereocenters. The third-order valence-corrected chi connectivity index (χ3v) is 1.24. The van der Waals surface area contributed by atoms with Gasteiger partial charge in [-0.1, -0.05) is 0 Å². The van der Waals surface area contributed by atoms with E-state index in [2.05, 4.69) is 15.6 Å². The van der Waals surface area contributed by atoms with Gasteiger partial charge in [-0.3, -0.25) is 4.68 Å². The fraction of sp³-hybridized carbons (Fsp3) is 0.333. The van der Waals surface area contributed by atoms with Gasteiger partial charge in [0.2, 0.25) is 0 Å². The van der Waals surface area contributed by atoms with E-state index >= 15 is 0 Å². The van der Waals surface area contributed by atoms with Gasteiger partial charge in [0, 0.05) is 7.05 Å². The summed E-state index contributed by atoms with van der Waals surface area (Å²) < 4.78 is 29.8. The van der Waals surface area contributed by atoms with E-state index in [4.69, 9.17) is 0 Å². The number of rotatable bonds is 2. The third-order valence-electron chi connectivity index (χ3n) is 1.24. The number of hydrogen-bond acceptors (Lipinski definition) is 3. The van der Waals surface area contributed by atoms with Gasteiger partial charge >= 0.3 is 6.09 Å². The number of nitrogens with zero attached hydrogens (tertiary/aromatic N) is 2. The summed E-state index contributed by atoms with van der Waals surface area (Å²) in [6, 6.07) is 0. The van der Waals surface area contributed by atoms with E-state index in [0.717, 1.165) is 10.9 Å². The lowest BCUT2D eigenvalue weighted by molar-refractivity contribution is 0.141. The number of aromatic nitrogens is 2. The summed E-state index contributed by atoms with van der Waals surface area (Å²) in [6.45, 7) is 0. The van der Waals surface area contributed by atoms with E-state index < -0.39 is 18.2 Å². The van der Waals surface area contributed by atoms with Crippen molar-refractivity contribution >= 4 is 6.09 Å². The number of ether oxygens (including phenoxy) is 1. The Bertz CT molecular complexity index is 324. The molecule has 0 saturated carbocycles. The highest BCUT2D eigenvalue weighted by molar-refractivity contribution is 5.68. The highest BCUT2D eigenvalue weighted by atomic mass is 19.3. The molecule has 1 heterocycles. The first-order chi connectivity index (χ1) is 6.00. The predicted octanol–water partition coefficient (Wildman–Crippen LogP) is 0.815. The molecule has 1 aromatic heterocycles. The molecular weight excluding hydrogens is 184 g/mol. The van der Waals surface area contributed by atoms with Crippen LogP contribution < -0.4 is 10.5 Å². The van der Waals surface area contributed by atoms with Crippen LogP contribution in [0.3, 0.4) is 0 Å². The number of alkyl halides is 2. The van der Waals surface area contributed by atoms with Crippen molar-refractivity contribution in [1.29, 1.82) is 0 Å². The van der Waals surface area contributed by atoms with Crippen LogP contribution in [0, 0.1) is 0 Å². The summed E-state index contributed by atoms with van der Waals surface area (Å²) in [5.74, 6) is -0.315. The Labute approximate surface area is 72.1 Å². The molecule has 1 aromatic rings. The monoisotopic (exact) mass is 191 g/mol. The van der Waals surface area contributed by atoms with Crippen LogP contribution in [0.15, 0.2) is 6.20 Å². The standard InChI is InChI=1S/C6H7F2N3O2/c1-11-2-3(13-6(9)12)4(10-11)5(7)8/h2,5H,1H3,(H2,9,12). The van der Waals surface area contributed by atoms with Gasteiger partial charge in [-0.25, -0.2) is 13.6 Å². The van der Waals surface area contributed by atoms with Crippen LogP contribution in [0.25, 0.3) is 0 Å². The predicted molar refractivity (Wildman–Crippen MR) is 38.4 cm³/mol. The molecule has 0 unspecified atom stereocenters. The molecule has 13 heavy (non-hydrogen) atoms. The van der Waals surface area contributed by atoms with Gasteiger partial charge in [-0.2, -0.15) is 5.10 Å². The number of primary amides is 1. The van der Waals surface area contributed by atoms with E-state index in [0.29, 0.717) is 0 Å². The van der Waals surface area contributed by atoms with Crippen molar-refractivity contribution < 1.29 is 18.3 Å². The largest absolute Gasteiger partial charge is 0.410 e. The molecule has 0 saturated heterocycles. The Balaban J connectivity index is 2.97. The molecule has 2 N–H and O–H groups in total. The van der Waals surface area contributed by atoms with Crippen molar-refractivity contribution in [2.45, 2.75) is 6.43 Å². The molecule has 1 rings (SSSR count). The zero-order chi connectivity index (χ0) is 10.0. The average molecular weight is 191 g/mol. The van der Waals surface area contributed by atoms with E-state index in [9.17, 15) is 13.6 Å². The normalized spacial score (nSPS) is 10.5. The highest BCUT2D eigenvalue weighted by Crippen LogP contribution is 2.26. The van der Waals surface area contributed by atoms with E-state index in [-0.39, 0.29) is 5.75 Å². The molecule has 72 valence electrons. The minimum atomic E-state index is -2.80. The maximum Gasteiger partial charge on any atom is 0.410 e. The lowest BCUT2D eigenvalue weighted by atomic mass is 10.4. The number of nitrogens with two attached hydrogens (primary N) is 1. The molecule has 0 aliphatic carbocycles. The zero-order valence-electron chi connectivity index (χ0n) is 6.70. The number of hydrogen-bond donors (Lipinski definition) is 1. The van der Waals surface area contributed by atoms with E-state index in [1.165, 1.54) is 7.05 Å². The molecular formula is C6H7F2N3O2. The quantitative estimate of drug-likeness (QED) is 0.752. The fourth-order valence-corrected chi connectivity index (χ4v) is 0.822. The molecule has 0 fully saturated rings. The van der Waals surface area contributed by atoms with Crippen LogP contribution >= 0.6 is 0 Å². The summed E-state index contributed by atoms with van der Waals surface area (Å²) >= 11 is 0. The van der Waals surface area contributed by atoms with E-state index in [1.54, 1.807) is 0 Å². The van der Waals surface area contributed by atoms with Gasteiger partial charge in [0.25, 0.3) is 6.43 Å². The average Bonchev–Trinajstić information content (AvgIpc) is 2.29. The first kappa shape index (κ1) is 9.43. The summed E-state index contributed by atoms with van der Waals surface area (Å²) in [5.41, 5.74) is 4.06. The molecule has 0 aromatic carbocycles. The number of amides is 1. The Hall–Kier alpha value is -1.66. The molecule has 0 radical (unpaired) electrons. The van der Waals surface area contributed by atoms with Gasteiger partial charge in [-0.05, 0) is 0 Å². The molecule has 0 spiro atoms. The molecule has 0 aliphatic heterocycles. The molecule has 7 heteroatoms. The molecule has 0 bridgehead atoms. The number of carbonyl (C=O) groups is 1. The summed E-state index contributed by atoms with van der Waals surface area (Å²) in [6.07, 6.45) is -2.79. The summed E-state index contributed by atoms with van der Waals surface area (Å²) in [4.78, 5) is 10.3. The minimum absolute atomic E-state index is 0.315. The second-order valence-corrected chi connectivity index (χ2v) is 2.27. The third kappa shape index (κ3) is 2.14. The van der Waals surface area contributed by atoms with Gasteiger partial charge in [0.05, 0.1) is 6.20 Å². The van der Waals surface area contributed by atoms with Gasteiger partial charge < -0.3 is 10.5 Å². The summed E-state index contributed by atoms with van der Waals surface area (Å²) in [5, 5.41) is 3.40. The first-order valence-electron chi connectivity index (χ1n) is 3.29. The number of carbonyl (C=O) groups excluding carboxylic acids is 1. The van der Waals surface area contributed by atoms with Gasteiger partial charge in [0.1, 0.15) is 0 Å². The van der Waals surface area contributed by atoms with Crippen molar-refractivity contribution in [2.24, 2.45) is 12.8 Å². The van der Waals surface area contributed by atoms with Crippen molar-refractivity contribution in [1.82, 2.24) is 9.78 Å². The van der Waals surface area contributed by atoms with Crippen LogP contribution in [0.4, 0.5) is 13.6 Å². The highest BCUT2D eigenvalue weighted by Gasteiger charge is 2.19. The van der Waals surface area contributed by atoms with Crippen LogP contribution in [0.2, 0.25) is 0 Å². The van der Waals surface area contributed by atoms with Crippen LogP contribution in [0.5, 0.6) is 5.75 Å². The lowest BCUT2D eigenvalue weighted by Crippen LogP contribution is -2.16. The Kier molecular flexibility index (Phi) is 2.45. The molecule has 0 aliphatic rings. The van der Waals surface area contributed by atoms with Gasteiger partial charge in [-0.15, -0.1) is 0 Å². The SMILES string of the molecule is Cn1cc(OC(N)=O)c(C(F)F)n1. The summed E-state index contributed by atoms with van der Waals surface area (Å²) in [7, 11) is 1.43. The minimum Gasteiger partial charge on any atom is -0.407 e. The second kappa shape index (κ2) is 3.38.